The van der Waals surface area contributed by atoms with Crippen LogP contribution >= 0.6 is 0 Å². The quantitative estimate of drug-likeness (QED) is 0.0998. The molecule has 0 radical (unpaired) electrons. The molecule has 0 unspecified atom stereocenters. The van der Waals surface area contributed by atoms with E-state index < -0.39 is 65.2 Å². The summed E-state index contributed by atoms with van der Waals surface area (Å²) >= 11 is 0. The van der Waals surface area contributed by atoms with Crippen molar-refractivity contribution in [1.82, 2.24) is 4.90 Å². The van der Waals surface area contributed by atoms with Gasteiger partial charge in [0.05, 0.1) is 24.9 Å². The van der Waals surface area contributed by atoms with Gasteiger partial charge in [0.2, 0.25) is 5.82 Å². The van der Waals surface area contributed by atoms with Crippen molar-refractivity contribution in [2.24, 2.45) is 0 Å². The Morgan fingerprint density at radius 3 is 2.15 bits per heavy atom. The number of amides is 1. The molecule has 248 valence electrons. The number of aliphatic hydroxyl groups is 2. The summed E-state index contributed by atoms with van der Waals surface area (Å²) in [6.07, 6.45) is -2.22. The molecule has 1 aliphatic heterocycles. The summed E-state index contributed by atoms with van der Waals surface area (Å²) in [6.45, 7) is 2.17. The van der Waals surface area contributed by atoms with Crippen LogP contribution in [0.5, 0.6) is 0 Å². The first kappa shape index (κ1) is 34.1. The second kappa shape index (κ2) is 14.7. The van der Waals surface area contributed by atoms with Crippen molar-refractivity contribution in [3.63, 3.8) is 0 Å². The number of hydrogen-bond donors (Lipinski definition) is 3. The van der Waals surface area contributed by atoms with E-state index in [2.05, 4.69) is 5.32 Å². The molecule has 0 bridgehead atoms. The summed E-state index contributed by atoms with van der Waals surface area (Å²) in [5.41, 5.74) is 1.08. The topological polar surface area (TPSA) is 91.3 Å². The Labute approximate surface area is 268 Å². The normalized spacial score (nSPS) is 19.4. The molecule has 5 rings (SSSR count). The largest absolute Gasteiger partial charge is 0.392 e. The van der Waals surface area contributed by atoms with Gasteiger partial charge in [0.25, 0.3) is 5.91 Å². The maximum absolute atomic E-state index is 14.3. The Kier molecular flexibility index (Phi) is 10.7. The number of carbonyl (C=O) groups excluding carboxylic acids is 1. The lowest BCUT2D eigenvalue weighted by Crippen LogP contribution is -2.43. The number of nitrogens with one attached hydrogen (secondary N) is 1. The van der Waals surface area contributed by atoms with Gasteiger partial charge in [-0.15, -0.1) is 0 Å². The van der Waals surface area contributed by atoms with Crippen molar-refractivity contribution < 1.29 is 46.4 Å². The zero-order valence-electron chi connectivity index (χ0n) is 25.5. The Balaban J connectivity index is 1.38. The number of ether oxygens (including phenoxy) is 2. The van der Waals surface area contributed by atoms with Crippen LogP contribution in [0, 0.1) is 29.1 Å². The molecule has 1 fully saturated rings. The van der Waals surface area contributed by atoms with E-state index in [0.29, 0.717) is 18.5 Å². The number of halogens is 5. The van der Waals surface area contributed by atoms with E-state index in [0.717, 1.165) is 16.7 Å². The van der Waals surface area contributed by atoms with E-state index in [9.17, 15) is 37.0 Å². The van der Waals surface area contributed by atoms with Crippen molar-refractivity contribution in [3.05, 3.63) is 136 Å². The summed E-state index contributed by atoms with van der Waals surface area (Å²) in [7, 11) is 1.87. The van der Waals surface area contributed by atoms with Gasteiger partial charge in [0.1, 0.15) is 5.56 Å². The highest BCUT2D eigenvalue weighted by atomic mass is 19.2. The second-order valence-electron chi connectivity index (χ2n) is 11.4. The molecule has 47 heavy (non-hydrogen) atoms. The SMILES string of the molecule is C[C@H]([C@@H](O)c1ccccc1)N(C)C[C@H]1C[C@@H](c2ccc(CO)cc2)O[C@@H](c2cccc(NC(=O)c3c(F)c(F)c(F)c(F)c3F)c2)O1. The molecule has 1 saturated heterocycles. The third-order valence-corrected chi connectivity index (χ3v) is 8.25. The molecule has 0 aromatic heterocycles. The molecule has 5 atom stereocenters. The maximum Gasteiger partial charge on any atom is 0.261 e. The highest BCUT2D eigenvalue weighted by Gasteiger charge is 2.35. The van der Waals surface area contributed by atoms with Gasteiger partial charge in [-0.2, -0.15) is 0 Å². The third-order valence-electron chi connectivity index (χ3n) is 8.25. The van der Waals surface area contributed by atoms with Gasteiger partial charge >= 0.3 is 0 Å². The minimum absolute atomic E-state index is 0.00802. The van der Waals surface area contributed by atoms with E-state index in [4.69, 9.17) is 9.47 Å². The summed E-state index contributed by atoms with van der Waals surface area (Å²) in [4.78, 5) is 14.7. The standard InChI is InChI=1S/C35H33F5N2O5/c1-19(33(44)22-7-4-3-5-8-22)42(2)17-25-16-26(21-13-11-20(18-43)12-14-21)47-35(46-25)23-9-6-10-24(15-23)41-34(45)27-28(36)30(38)32(40)31(39)29(27)37/h3-15,19,25-26,33,35,43-44H,16-18H2,1-2H3,(H,41,45)/t19-,25-,26+,33-,35+/m1/s1. The molecule has 0 aliphatic carbocycles. The average Bonchev–Trinajstić information content (AvgIpc) is 3.09. The van der Waals surface area contributed by atoms with Crippen LogP contribution in [0.3, 0.4) is 0 Å². The molecule has 1 amide bonds. The van der Waals surface area contributed by atoms with Crippen LogP contribution in [-0.2, 0) is 16.1 Å². The van der Waals surface area contributed by atoms with Crippen molar-refractivity contribution in [3.8, 4) is 0 Å². The zero-order valence-corrected chi connectivity index (χ0v) is 25.5. The Morgan fingerprint density at radius 2 is 1.51 bits per heavy atom. The number of nitrogens with zero attached hydrogens (tertiary/aromatic N) is 1. The van der Waals surface area contributed by atoms with Crippen LogP contribution < -0.4 is 5.32 Å². The van der Waals surface area contributed by atoms with Gasteiger partial charge in [-0.05, 0) is 42.8 Å². The lowest BCUT2D eigenvalue weighted by molar-refractivity contribution is -0.253. The predicted molar refractivity (Wildman–Crippen MR) is 163 cm³/mol. The minimum Gasteiger partial charge on any atom is -0.392 e. The molecular formula is C35H33F5N2O5. The number of hydrogen-bond acceptors (Lipinski definition) is 6. The van der Waals surface area contributed by atoms with Crippen molar-refractivity contribution in [2.45, 2.75) is 50.6 Å². The first-order valence-corrected chi connectivity index (χ1v) is 14.8. The highest BCUT2D eigenvalue weighted by molar-refractivity contribution is 6.04. The number of carbonyl (C=O) groups is 1. The average molecular weight is 657 g/mol. The lowest BCUT2D eigenvalue weighted by Gasteiger charge is -2.39. The Morgan fingerprint density at radius 1 is 0.872 bits per heavy atom. The van der Waals surface area contributed by atoms with E-state index in [1.54, 1.807) is 18.2 Å². The highest BCUT2D eigenvalue weighted by Crippen LogP contribution is 2.39. The molecule has 12 heteroatoms. The van der Waals surface area contributed by atoms with Gasteiger partial charge in [0, 0.05) is 30.3 Å². The van der Waals surface area contributed by atoms with Crippen molar-refractivity contribution in [2.75, 3.05) is 18.9 Å². The molecule has 7 nitrogen and oxygen atoms in total. The molecule has 1 aliphatic rings. The van der Waals surface area contributed by atoms with Crippen LogP contribution in [0.25, 0.3) is 0 Å². The van der Waals surface area contributed by atoms with Gasteiger partial charge in [-0.3, -0.25) is 9.69 Å². The summed E-state index contributed by atoms with van der Waals surface area (Å²) < 4.78 is 82.2. The van der Waals surface area contributed by atoms with Gasteiger partial charge in [-0.25, -0.2) is 22.0 Å². The molecule has 1 heterocycles. The van der Waals surface area contributed by atoms with E-state index >= 15 is 0 Å². The smallest absolute Gasteiger partial charge is 0.261 e. The predicted octanol–water partition coefficient (Wildman–Crippen LogP) is 6.73. The zero-order chi connectivity index (χ0) is 33.8. The van der Waals surface area contributed by atoms with Crippen LogP contribution in [0.2, 0.25) is 0 Å². The van der Waals surface area contributed by atoms with Gasteiger partial charge in [0.15, 0.2) is 29.6 Å². The van der Waals surface area contributed by atoms with Gasteiger partial charge in [-0.1, -0.05) is 66.7 Å². The van der Waals surface area contributed by atoms with Crippen LogP contribution in [0.4, 0.5) is 27.6 Å². The third kappa shape index (κ3) is 7.53. The monoisotopic (exact) mass is 656 g/mol. The number of aliphatic hydroxyl groups excluding tert-OH is 2. The summed E-state index contributed by atoms with van der Waals surface area (Å²) in [5.74, 6) is -12.9. The van der Waals surface area contributed by atoms with E-state index in [1.807, 2.05) is 61.3 Å². The minimum atomic E-state index is -2.37. The Bertz CT molecular complexity index is 1680. The van der Waals surface area contributed by atoms with E-state index in [-0.39, 0.29) is 18.3 Å². The molecule has 3 N–H and O–H groups in total. The second-order valence-corrected chi connectivity index (χ2v) is 11.4. The molecule has 0 spiro atoms. The fourth-order valence-corrected chi connectivity index (χ4v) is 5.45. The summed E-state index contributed by atoms with van der Waals surface area (Å²) in [6, 6.07) is 22.1. The molecule has 4 aromatic carbocycles. The number of rotatable bonds is 10. The number of likely N-dealkylation sites (N-methyl/N-ethyl adjacent to an activating group) is 1. The lowest BCUT2D eigenvalue weighted by atomic mass is 9.98. The fourth-order valence-electron chi connectivity index (χ4n) is 5.45. The van der Waals surface area contributed by atoms with Crippen molar-refractivity contribution in [1.29, 1.82) is 0 Å². The first-order chi connectivity index (χ1) is 22.5. The molecule has 0 saturated carbocycles. The molecule has 4 aromatic rings. The van der Waals surface area contributed by atoms with Crippen LogP contribution in [-0.4, -0.2) is 46.8 Å². The van der Waals surface area contributed by atoms with Crippen LogP contribution in [0.15, 0.2) is 78.9 Å². The van der Waals surface area contributed by atoms with Crippen molar-refractivity contribution >= 4 is 11.6 Å². The number of anilines is 1. The maximum atomic E-state index is 14.3. The van der Waals surface area contributed by atoms with Crippen LogP contribution in [0.1, 0.15) is 64.5 Å². The summed E-state index contributed by atoms with van der Waals surface area (Å²) in [5, 5.41) is 22.7. The fraction of sp³-hybridized carbons (Fsp3) is 0.286. The van der Waals surface area contributed by atoms with E-state index in [1.165, 1.54) is 18.2 Å². The van der Waals surface area contributed by atoms with Gasteiger partial charge < -0.3 is 25.0 Å². The Hall–Kier alpha value is -4.20. The number of benzene rings is 4. The molecular weight excluding hydrogens is 623 g/mol. The first-order valence-electron chi connectivity index (χ1n) is 14.8.